The normalized spacial score (nSPS) is 10.6. The number of H-pyrrole nitrogens is 1. The van der Waals surface area contributed by atoms with Gasteiger partial charge in [0, 0.05) is 13.1 Å². The first-order valence-corrected chi connectivity index (χ1v) is 9.13. The maximum Gasteiger partial charge on any atom is 0.233 e. The third-order valence-corrected chi connectivity index (χ3v) is 4.68. The van der Waals surface area contributed by atoms with Gasteiger partial charge in [-0.2, -0.15) is 0 Å². The van der Waals surface area contributed by atoms with Crippen molar-refractivity contribution in [1.82, 2.24) is 20.1 Å². The molecular formula is C18H20N4O4S. The molecule has 1 amide bonds. The zero-order valence-electron chi connectivity index (χ0n) is 15.3. The Morgan fingerprint density at radius 2 is 2.15 bits per heavy atom. The summed E-state index contributed by atoms with van der Waals surface area (Å²) in [6, 6.07) is 9.07. The second-order valence-electron chi connectivity index (χ2n) is 5.65. The number of rotatable bonds is 8. The van der Waals surface area contributed by atoms with E-state index in [9.17, 15) is 4.79 Å². The molecule has 1 aromatic carbocycles. The third-order valence-electron chi connectivity index (χ3n) is 3.85. The highest BCUT2D eigenvalue weighted by atomic mass is 32.2. The summed E-state index contributed by atoms with van der Waals surface area (Å²) < 4.78 is 15.8. The average molecular weight is 388 g/mol. The number of nitrogens with zero attached hydrogens (tertiary/aromatic N) is 3. The lowest BCUT2D eigenvalue weighted by atomic mass is 10.2. The lowest BCUT2D eigenvalue weighted by Crippen LogP contribution is -2.27. The molecule has 142 valence electrons. The largest absolute Gasteiger partial charge is 0.497 e. The number of hydrogen-bond donors (Lipinski definition) is 1. The molecule has 27 heavy (non-hydrogen) atoms. The molecule has 9 heteroatoms. The van der Waals surface area contributed by atoms with Crippen LogP contribution in [0, 0.1) is 0 Å². The summed E-state index contributed by atoms with van der Waals surface area (Å²) in [7, 11) is 4.91. The maximum atomic E-state index is 12.3. The van der Waals surface area contributed by atoms with E-state index in [1.807, 2.05) is 18.2 Å². The van der Waals surface area contributed by atoms with Crippen LogP contribution >= 0.6 is 11.8 Å². The summed E-state index contributed by atoms with van der Waals surface area (Å²) in [6.45, 7) is 0.425. The zero-order chi connectivity index (χ0) is 19.2. The number of methoxy groups -OCH3 is 2. The molecule has 1 N–H and O–H groups in total. The molecule has 2 heterocycles. The van der Waals surface area contributed by atoms with Crippen LogP contribution in [0.2, 0.25) is 0 Å². The highest BCUT2D eigenvalue weighted by molar-refractivity contribution is 7.99. The highest BCUT2D eigenvalue weighted by Crippen LogP contribution is 2.32. The van der Waals surface area contributed by atoms with E-state index >= 15 is 0 Å². The van der Waals surface area contributed by atoms with Crippen LogP contribution in [0.3, 0.4) is 0 Å². The van der Waals surface area contributed by atoms with Gasteiger partial charge in [0.1, 0.15) is 17.3 Å². The molecule has 0 aliphatic carbocycles. The fourth-order valence-electron chi connectivity index (χ4n) is 2.39. The van der Waals surface area contributed by atoms with E-state index in [0.717, 1.165) is 11.3 Å². The Balaban J connectivity index is 1.62. The number of aromatic nitrogens is 3. The maximum absolute atomic E-state index is 12.3. The molecule has 0 aliphatic heterocycles. The lowest BCUT2D eigenvalue weighted by molar-refractivity contribution is -0.127. The Kier molecular flexibility index (Phi) is 6.02. The van der Waals surface area contributed by atoms with Gasteiger partial charge < -0.3 is 18.8 Å². The minimum absolute atomic E-state index is 0.0372. The molecule has 3 rings (SSSR count). The smallest absolute Gasteiger partial charge is 0.233 e. The van der Waals surface area contributed by atoms with Gasteiger partial charge >= 0.3 is 0 Å². The fraction of sp³-hybridized carbons (Fsp3) is 0.278. The van der Waals surface area contributed by atoms with Crippen LogP contribution < -0.4 is 9.47 Å². The minimum Gasteiger partial charge on any atom is -0.497 e. The Morgan fingerprint density at radius 3 is 2.85 bits per heavy atom. The standard InChI is InChI=1S/C18H20N4O4S/c1-22(10-13-5-4-8-26-13)16(23)11-27-18-19-17(20-21-18)14-7-6-12(24-2)9-15(14)25-3/h4-9H,10-11H2,1-3H3,(H,19,20,21). The van der Waals surface area contributed by atoms with Crippen LogP contribution in [-0.2, 0) is 11.3 Å². The number of ether oxygens (including phenoxy) is 2. The number of carbonyl (C=O) groups excluding carboxylic acids is 1. The van der Waals surface area contributed by atoms with Gasteiger partial charge in [-0.15, -0.1) is 5.10 Å². The topological polar surface area (TPSA) is 93.5 Å². The van der Waals surface area contributed by atoms with E-state index < -0.39 is 0 Å². The van der Waals surface area contributed by atoms with Crippen molar-refractivity contribution in [2.75, 3.05) is 27.0 Å². The van der Waals surface area contributed by atoms with Gasteiger partial charge in [-0.1, -0.05) is 11.8 Å². The predicted octanol–water partition coefficient (Wildman–Crippen LogP) is 2.83. The molecule has 0 atom stereocenters. The number of furan rings is 1. The zero-order valence-corrected chi connectivity index (χ0v) is 16.1. The molecule has 0 aliphatic rings. The van der Waals surface area contributed by atoms with E-state index in [1.165, 1.54) is 11.8 Å². The molecule has 0 unspecified atom stereocenters. The van der Waals surface area contributed by atoms with Crippen molar-refractivity contribution in [3.05, 3.63) is 42.4 Å². The minimum atomic E-state index is -0.0372. The fourth-order valence-corrected chi connectivity index (χ4v) is 3.13. The van der Waals surface area contributed by atoms with Crippen molar-refractivity contribution >= 4 is 17.7 Å². The molecule has 0 saturated heterocycles. The second-order valence-corrected chi connectivity index (χ2v) is 6.59. The van der Waals surface area contributed by atoms with E-state index in [0.29, 0.717) is 29.0 Å². The molecule has 3 aromatic rings. The van der Waals surface area contributed by atoms with E-state index in [4.69, 9.17) is 13.9 Å². The number of nitrogens with one attached hydrogen (secondary N) is 1. The molecular weight excluding hydrogens is 368 g/mol. The Labute approximate surface area is 160 Å². The van der Waals surface area contributed by atoms with Crippen molar-refractivity contribution in [2.24, 2.45) is 0 Å². The predicted molar refractivity (Wildman–Crippen MR) is 101 cm³/mol. The Bertz CT molecular complexity index is 895. The summed E-state index contributed by atoms with van der Waals surface area (Å²) in [4.78, 5) is 18.3. The van der Waals surface area contributed by atoms with Gasteiger partial charge in [0.2, 0.25) is 11.1 Å². The number of carbonyl (C=O) groups is 1. The van der Waals surface area contributed by atoms with Crippen LogP contribution in [0.5, 0.6) is 11.5 Å². The summed E-state index contributed by atoms with van der Waals surface area (Å²) >= 11 is 1.27. The van der Waals surface area contributed by atoms with Crippen molar-refractivity contribution in [2.45, 2.75) is 11.7 Å². The van der Waals surface area contributed by atoms with Gasteiger partial charge in [-0.05, 0) is 24.3 Å². The molecule has 0 radical (unpaired) electrons. The van der Waals surface area contributed by atoms with Gasteiger partial charge in [0.15, 0.2) is 5.82 Å². The van der Waals surface area contributed by atoms with E-state index in [1.54, 1.807) is 44.6 Å². The summed E-state index contributed by atoms with van der Waals surface area (Å²) in [5.74, 6) is 2.81. The number of amides is 1. The molecule has 8 nitrogen and oxygen atoms in total. The summed E-state index contributed by atoms with van der Waals surface area (Å²) in [5, 5.41) is 7.54. The van der Waals surface area contributed by atoms with Gasteiger partial charge in [0.05, 0.1) is 38.3 Å². The molecule has 2 aromatic heterocycles. The van der Waals surface area contributed by atoms with E-state index in [-0.39, 0.29) is 11.7 Å². The van der Waals surface area contributed by atoms with Crippen molar-refractivity contribution in [3.8, 4) is 22.9 Å². The third kappa shape index (κ3) is 4.62. The van der Waals surface area contributed by atoms with Crippen molar-refractivity contribution in [1.29, 1.82) is 0 Å². The first-order valence-electron chi connectivity index (χ1n) is 8.14. The molecule has 0 saturated carbocycles. The van der Waals surface area contributed by atoms with Crippen LogP contribution in [0.1, 0.15) is 5.76 Å². The van der Waals surface area contributed by atoms with Crippen LogP contribution in [0.4, 0.5) is 0 Å². The number of hydrogen-bond acceptors (Lipinski definition) is 7. The summed E-state index contributed by atoms with van der Waals surface area (Å²) in [5.41, 5.74) is 0.763. The van der Waals surface area contributed by atoms with Crippen LogP contribution in [0.15, 0.2) is 46.2 Å². The number of aromatic amines is 1. The van der Waals surface area contributed by atoms with Crippen LogP contribution in [-0.4, -0.2) is 53.0 Å². The SMILES string of the molecule is COc1ccc(-c2nc(SCC(=O)N(C)Cc3ccco3)n[nH]2)c(OC)c1. The molecule has 0 fully saturated rings. The quantitative estimate of drug-likeness (QED) is 0.593. The molecule has 0 spiro atoms. The van der Waals surface area contributed by atoms with Crippen molar-refractivity contribution in [3.63, 3.8) is 0 Å². The van der Waals surface area contributed by atoms with Gasteiger partial charge in [-0.25, -0.2) is 4.98 Å². The van der Waals surface area contributed by atoms with Crippen molar-refractivity contribution < 1.29 is 18.7 Å². The highest BCUT2D eigenvalue weighted by Gasteiger charge is 2.15. The Morgan fingerprint density at radius 1 is 1.30 bits per heavy atom. The lowest BCUT2D eigenvalue weighted by Gasteiger charge is -2.14. The van der Waals surface area contributed by atoms with Crippen LogP contribution in [0.25, 0.3) is 11.4 Å². The monoisotopic (exact) mass is 388 g/mol. The average Bonchev–Trinajstić information content (AvgIpc) is 3.37. The Hall–Kier alpha value is -2.94. The van der Waals surface area contributed by atoms with E-state index in [2.05, 4.69) is 15.2 Å². The second kappa shape index (κ2) is 8.63. The number of thioether (sulfide) groups is 1. The first-order chi connectivity index (χ1) is 13.1. The van der Waals surface area contributed by atoms with Gasteiger partial charge in [0.25, 0.3) is 0 Å². The molecule has 0 bridgehead atoms. The van der Waals surface area contributed by atoms with Gasteiger partial charge in [-0.3, -0.25) is 9.89 Å². The summed E-state index contributed by atoms with van der Waals surface area (Å²) in [6.07, 6.45) is 1.59. The number of benzene rings is 1. The first kappa shape index (κ1) is 18.8.